The average Bonchev–Trinajstić information content (AvgIpc) is 2.68. The summed E-state index contributed by atoms with van der Waals surface area (Å²) in [5.74, 6) is -1.26. The van der Waals surface area contributed by atoms with Crippen molar-refractivity contribution in [2.45, 2.75) is 39.5 Å². The van der Waals surface area contributed by atoms with E-state index in [9.17, 15) is 9.59 Å². The number of carboxylic acids is 1. The van der Waals surface area contributed by atoms with Crippen LogP contribution in [0.2, 0.25) is 0 Å². The molecule has 0 fully saturated rings. The number of carboxylic acid groups (broad SMARTS) is 1. The summed E-state index contributed by atoms with van der Waals surface area (Å²) in [6.07, 6.45) is -0.647. The lowest BCUT2D eigenvalue weighted by Crippen LogP contribution is -2.40. The third kappa shape index (κ3) is 5.66. The minimum absolute atomic E-state index is 0.0410. The number of nitrogens with one attached hydrogen (secondary N) is 1. The van der Waals surface area contributed by atoms with Crippen LogP contribution in [-0.4, -0.2) is 23.1 Å². The second-order valence-electron chi connectivity index (χ2n) is 6.95. The molecular weight excluding hydrogens is 356 g/mol. The van der Waals surface area contributed by atoms with Crippen molar-refractivity contribution < 1.29 is 19.4 Å². The molecule has 0 aliphatic heterocycles. The predicted molar refractivity (Wildman–Crippen MR) is 105 cm³/mol. The SMILES string of the molecule is CC(C)C(OCc1cccc(C#N)c1)C(=O)N[C@@H](C)c1ccc(C(=O)O)cc1. The second-order valence-corrected chi connectivity index (χ2v) is 6.95. The van der Waals surface area contributed by atoms with Crippen LogP contribution in [0.25, 0.3) is 0 Å². The minimum atomic E-state index is -0.989. The average molecular weight is 380 g/mol. The smallest absolute Gasteiger partial charge is 0.335 e. The highest BCUT2D eigenvalue weighted by Crippen LogP contribution is 2.17. The molecule has 0 spiro atoms. The number of ether oxygens (including phenoxy) is 1. The van der Waals surface area contributed by atoms with Gasteiger partial charge in [-0.15, -0.1) is 0 Å². The third-order valence-corrected chi connectivity index (χ3v) is 4.37. The number of benzene rings is 2. The maximum absolute atomic E-state index is 12.7. The van der Waals surface area contributed by atoms with Gasteiger partial charge < -0.3 is 15.2 Å². The van der Waals surface area contributed by atoms with Gasteiger partial charge in [0.15, 0.2) is 0 Å². The molecular formula is C22H24N2O4. The Labute approximate surface area is 164 Å². The number of rotatable bonds is 8. The van der Waals surface area contributed by atoms with Crippen LogP contribution in [0, 0.1) is 17.2 Å². The first-order chi connectivity index (χ1) is 13.3. The molecule has 1 unspecified atom stereocenters. The summed E-state index contributed by atoms with van der Waals surface area (Å²) in [6.45, 7) is 5.87. The van der Waals surface area contributed by atoms with Crippen molar-refractivity contribution in [1.29, 1.82) is 5.26 Å². The van der Waals surface area contributed by atoms with Gasteiger partial charge in [-0.1, -0.05) is 38.1 Å². The minimum Gasteiger partial charge on any atom is -0.478 e. The molecule has 0 saturated heterocycles. The summed E-state index contributed by atoms with van der Waals surface area (Å²) in [5, 5.41) is 20.9. The lowest BCUT2D eigenvalue weighted by Gasteiger charge is -2.23. The number of amides is 1. The fourth-order valence-corrected chi connectivity index (χ4v) is 2.78. The quantitative estimate of drug-likeness (QED) is 0.728. The fourth-order valence-electron chi connectivity index (χ4n) is 2.78. The van der Waals surface area contributed by atoms with Gasteiger partial charge in [0.05, 0.1) is 29.8 Å². The van der Waals surface area contributed by atoms with Gasteiger partial charge in [-0.05, 0) is 48.2 Å². The van der Waals surface area contributed by atoms with Crippen LogP contribution < -0.4 is 5.32 Å². The van der Waals surface area contributed by atoms with E-state index in [-0.39, 0.29) is 30.0 Å². The molecule has 6 nitrogen and oxygen atoms in total. The molecule has 146 valence electrons. The maximum atomic E-state index is 12.7. The van der Waals surface area contributed by atoms with Crippen LogP contribution in [0.5, 0.6) is 0 Å². The molecule has 2 atom stereocenters. The highest BCUT2D eigenvalue weighted by Gasteiger charge is 2.24. The molecule has 1 amide bonds. The number of nitriles is 1. The highest BCUT2D eigenvalue weighted by atomic mass is 16.5. The molecule has 2 N–H and O–H groups in total. The zero-order valence-corrected chi connectivity index (χ0v) is 16.2. The highest BCUT2D eigenvalue weighted by molar-refractivity contribution is 5.87. The molecule has 0 radical (unpaired) electrons. The summed E-state index contributed by atoms with van der Waals surface area (Å²) < 4.78 is 5.84. The van der Waals surface area contributed by atoms with Gasteiger partial charge in [-0.3, -0.25) is 4.79 Å². The van der Waals surface area contributed by atoms with E-state index in [1.807, 2.05) is 26.8 Å². The molecule has 0 bridgehead atoms. The van der Waals surface area contributed by atoms with Crippen LogP contribution in [0.3, 0.4) is 0 Å². The van der Waals surface area contributed by atoms with Gasteiger partial charge in [0.25, 0.3) is 0 Å². The number of hydrogen-bond donors (Lipinski definition) is 2. The summed E-state index contributed by atoms with van der Waals surface area (Å²) in [5.41, 5.74) is 2.38. The van der Waals surface area contributed by atoms with Gasteiger partial charge in [0.2, 0.25) is 5.91 Å². The van der Waals surface area contributed by atoms with Gasteiger partial charge in [-0.2, -0.15) is 5.26 Å². The summed E-state index contributed by atoms with van der Waals surface area (Å²) >= 11 is 0. The van der Waals surface area contributed by atoms with Gasteiger partial charge >= 0.3 is 5.97 Å². The van der Waals surface area contributed by atoms with Crippen LogP contribution >= 0.6 is 0 Å². The predicted octanol–water partition coefficient (Wildman–Crippen LogP) is 3.68. The van der Waals surface area contributed by atoms with Crippen molar-refractivity contribution >= 4 is 11.9 Å². The number of carbonyl (C=O) groups is 2. The summed E-state index contributed by atoms with van der Waals surface area (Å²) in [6, 6.07) is 15.3. The Kier molecular flexibility index (Phi) is 7.30. The topological polar surface area (TPSA) is 99.4 Å². The van der Waals surface area contributed by atoms with E-state index in [1.165, 1.54) is 12.1 Å². The van der Waals surface area contributed by atoms with E-state index in [0.29, 0.717) is 5.56 Å². The monoisotopic (exact) mass is 380 g/mol. The lowest BCUT2D eigenvalue weighted by atomic mass is 10.0. The molecule has 0 heterocycles. The maximum Gasteiger partial charge on any atom is 0.335 e. The molecule has 28 heavy (non-hydrogen) atoms. The molecule has 0 aliphatic rings. The normalized spacial score (nSPS) is 12.8. The van der Waals surface area contributed by atoms with Crippen LogP contribution in [0.15, 0.2) is 48.5 Å². The van der Waals surface area contributed by atoms with Gasteiger partial charge in [0.1, 0.15) is 6.10 Å². The van der Waals surface area contributed by atoms with Crippen molar-refractivity contribution in [3.63, 3.8) is 0 Å². The third-order valence-electron chi connectivity index (χ3n) is 4.37. The Morgan fingerprint density at radius 3 is 2.39 bits per heavy atom. The van der Waals surface area contributed by atoms with Crippen molar-refractivity contribution in [3.05, 3.63) is 70.8 Å². The molecule has 2 aromatic rings. The molecule has 0 aromatic heterocycles. The second kappa shape index (κ2) is 9.67. The van der Waals surface area contributed by atoms with E-state index < -0.39 is 12.1 Å². The first-order valence-corrected chi connectivity index (χ1v) is 9.06. The Hall–Kier alpha value is -3.17. The Balaban J connectivity index is 2.01. The Bertz CT molecular complexity index is 869. The molecule has 2 aromatic carbocycles. The van der Waals surface area contributed by atoms with Gasteiger partial charge in [0, 0.05) is 0 Å². The zero-order valence-electron chi connectivity index (χ0n) is 16.2. The van der Waals surface area contributed by atoms with Crippen molar-refractivity contribution in [2.75, 3.05) is 0 Å². The number of carbonyl (C=O) groups excluding carboxylic acids is 1. The number of aromatic carboxylic acids is 1. The fraction of sp³-hybridized carbons (Fsp3) is 0.318. The van der Waals surface area contributed by atoms with E-state index in [1.54, 1.807) is 30.3 Å². The van der Waals surface area contributed by atoms with Crippen molar-refractivity contribution in [1.82, 2.24) is 5.32 Å². The largest absolute Gasteiger partial charge is 0.478 e. The molecule has 6 heteroatoms. The lowest BCUT2D eigenvalue weighted by molar-refractivity contribution is -0.137. The van der Waals surface area contributed by atoms with Gasteiger partial charge in [-0.25, -0.2) is 4.79 Å². The number of nitrogens with zero attached hydrogens (tertiary/aromatic N) is 1. The van der Waals surface area contributed by atoms with E-state index in [0.717, 1.165) is 11.1 Å². The molecule has 0 saturated carbocycles. The van der Waals surface area contributed by atoms with Crippen LogP contribution in [0.4, 0.5) is 0 Å². The molecule has 2 rings (SSSR count). The first-order valence-electron chi connectivity index (χ1n) is 9.06. The summed E-state index contributed by atoms with van der Waals surface area (Å²) in [4.78, 5) is 23.7. The van der Waals surface area contributed by atoms with Crippen LogP contribution in [0.1, 0.15) is 53.9 Å². The van der Waals surface area contributed by atoms with Crippen molar-refractivity contribution in [2.24, 2.45) is 5.92 Å². The van der Waals surface area contributed by atoms with E-state index in [4.69, 9.17) is 15.1 Å². The molecule has 0 aliphatic carbocycles. The first kappa shape index (κ1) is 21.1. The van der Waals surface area contributed by atoms with E-state index >= 15 is 0 Å². The Morgan fingerprint density at radius 1 is 1.14 bits per heavy atom. The summed E-state index contributed by atoms with van der Waals surface area (Å²) in [7, 11) is 0. The Morgan fingerprint density at radius 2 is 1.82 bits per heavy atom. The zero-order chi connectivity index (χ0) is 20.7. The number of hydrogen-bond acceptors (Lipinski definition) is 4. The van der Waals surface area contributed by atoms with E-state index in [2.05, 4.69) is 11.4 Å². The standard InChI is InChI=1S/C22H24N2O4/c1-14(2)20(28-13-17-6-4-5-16(11-17)12-23)21(25)24-15(3)18-7-9-19(10-8-18)22(26)27/h4-11,14-15,20H,13H2,1-3H3,(H,24,25)(H,26,27)/t15-,20?/m0/s1. The van der Waals surface area contributed by atoms with Crippen LogP contribution in [-0.2, 0) is 16.1 Å². The van der Waals surface area contributed by atoms with Crippen molar-refractivity contribution in [3.8, 4) is 6.07 Å².